The SMILES string of the molecule is Cc1nnc(OCCN2CCCC2)c(C#N)c1C. The molecule has 1 fully saturated rings. The van der Waals surface area contributed by atoms with Gasteiger partial charge in [-0.15, -0.1) is 5.10 Å². The van der Waals surface area contributed by atoms with E-state index in [4.69, 9.17) is 10.00 Å². The summed E-state index contributed by atoms with van der Waals surface area (Å²) in [5.74, 6) is 0.361. The standard InChI is InChI=1S/C13H18N4O/c1-10-11(2)15-16-13(12(10)9-14)18-8-7-17-5-3-4-6-17/h3-8H2,1-2H3. The minimum absolute atomic E-state index is 0.361. The van der Waals surface area contributed by atoms with Crippen molar-refractivity contribution in [1.29, 1.82) is 5.26 Å². The van der Waals surface area contributed by atoms with Gasteiger partial charge in [-0.25, -0.2) is 0 Å². The average Bonchev–Trinajstić information content (AvgIpc) is 2.87. The van der Waals surface area contributed by atoms with Crippen LogP contribution in [0, 0.1) is 25.2 Å². The van der Waals surface area contributed by atoms with E-state index in [1.807, 2.05) is 13.8 Å². The summed E-state index contributed by atoms with van der Waals surface area (Å²) >= 11 is 0. The first-order valence-corrected chi connectivity index (χ1v) is 6.31. The van der Waals surface area contributed by atoms with E-state index in [-0.39, 0.29) is 0 Å². The minimum atomic E-state index is 0.361. The lowest BCUT2D eigenvalue weighted by Crippen LogP contribution is -2.25. The molecule has 0 amide bonds. The van der Waals surface area contributed by atoms with E-state index >= 15 is 0 Å². The molecule has 2 rings (SSSR count). The molecule has 5 heteroatoms. The third-order valence-electron chi connectivity index (χ3n) is 3.38. The number of aryl methyl sites for hydroxylation is 1. The molecule has 1 aliphatic heterocycles. The van der Waals surface area contributed by atoms with Crippen molar-refractivity contribution in [2.75, 3.05) is 26.2 Å². The first-order chi connectivity index (χ1) is 8.72. The normalized spacial score (nSPS) is 15.6. The number of nitriles is 1. The second-order valence-electron chi connectivity index (χ2n) is 4.60. The van der Waals surface area contributed by atoms with Crippen LogP contribution >= 0.6 is 0 Å². The average molecular weight is 246 g/mol. The predicted octanol–water partition coefficient (Wildman–Crippen LogP) is 1.44. The highest BCUT2D eigenvalue weighted by Crippen LogP contribution is 2.19. The maximum atomic E-state index is 9.13. The van der Waals surface area contributed by atoms with Crippen LogP contribution in [0.2, 0.25) is 0 Å². The third-order valence-corrected chi connectivity index (χ3v) is 3.38. The summed E-state index contributed by atoms with van der Waals surface area (Å²) in [4.78, 5) is 2.36. The molecule has 0 bridgehead atoms. The van der Waals surface area contributed by atoms with Crippen molar-refractivity contribution in [3.63, 3.8) is 0 Å². The second kappa shape index (κ2) is 5.78. The zero-order chi connectivity index (χ0) is 13.0. The summed E-state index contributed by atoms with van der Waals surface area (Å²) in [5.41, 5.74) is 2.13. The highest BCUT2D eigenvalue weighted by molar-refractivity contribution is 5.44. The van der Waals surface area contributed by atoms with E-state index in [0.29, 0.717) is 18.1 Å². The Bertz CT molecular complexity index is 461. The quantitative estimate of drug-likeness (QED) is 0.804. The van der Waals surface area contributed by atoms with Gasteiger partial charge >= 0.3 is 0 Å². The van der Waals surface area contributed by atoms with Gasteiger partial charge < -0.3 is 4.74 Å². The molecule has 5 nitrogen and oxygen atoms in total. The van der Waals surface area contributed by atoms with Gasteiger partial charge in [0.15, 0.2) is 0 Å². The molecule has 18 heavy (non-hydrogen) atoms. The van der Waals surface area contributed by atoms with Gasteiger partial charge in [0.25, 0.3) is 5.88 Å². The summed E-state index contributed by atoms with van der Waals surface area (Å²) in [7, 11) is 0. The van der Waals surface area contributed by atoms with E-state index in [1.54, 1.807) is 0 Å². The Balaban J connectivity index is 1.96. The summed E-state index contributed by atoms with van der Waals surface area (Å²) in [6, 6.07) is 2.14. The van der Waals surface area contributed by atoms with Gasteiger partial charge in [-0.1, -0.05) is 0 Å². The molecule has 0 aliphatic carbocycles. The van der Waals surface area contributed by atoms with Crippen LogP contribution in [0.4, 0.5) is 0 Å². The van der Waals surface area contributed by atoms with E-state index in [1.165, 1.54) is 12.8 Å². The van der Waals surface area contributed by atoms with Crippen LogP contribution < -0.4 is 4.74 Å². The second-order valence-corrected chi connectivity index (χ2v) is 4.60. The van der Waals surface area contributed by atoms with Crippen molar-refractivity contribution in [3.05, 3.63) is 16.8 Å². The Hall–Kier alpha value is -1.67. The topological polar surface area (TPSA) is 62.0 Å². The van der Waals surface area contributed by atoms with Crippen LogP contribution in [0.25, 0.3) is 0 Å². The monoisotopic (exact) mass is 246 g/mol. The van der Waals surface area contributed by atoms with Gasteiger partial charge in [0.05, 0.1) is 5.69 Å². The molecule has 0 N–H and O–H groups in total. The van der Waals surface area contributed by atoms with Crippen molar-refractivity contribution >= 4 is 0 Å². The summed E-state index contributed by atoms with van der Waals surface area (Å²) in [5, 5.41) is 17.1. The zero-order valence-electron chi connectivity index (χ0n) is 10.9. The molecule has 1 aromatic heterocycles. The molecule has 0 spiro atoms. The summed E-state index contributed by atoms with van der Waals surface area (Å²) < 4.78 is 5.59. The van der Waals surface area contributed by atoms with Crippen LogP contribution in [-0.2, 0) is 0 Å². The van der Waals surface area contributed by atoms with Crippen molar-refractivity contribution in [2.24, 2.45) is 0 Å². The summed E-state index contributed by atoms with van der Waals surface area (Å²) in [6.07, 6.45) is 2.54. The van der Waals surface area contributed by atoms with Gasteiger partial charge in [0, 0.05) is 6.54 Å². The number of hydrogen-bond donors (Lipinski definition) is 0. The minimum Gasteiger partial charge on any atom is -0.474 e. The highest BCUT2D eigenvalue weighted by Gasteiger charge is 2.14. The third kappa shape index (κ3) is 2.77. The highest BCUT2D eigenvalue weighted by atomic mass is 16.5. The number of hydrogen-bond acceptors (Lipinski definition) is 5. The number of aromatic nitrogens is 2. The van der Waals surface area contributed by atoms with E-state index in [9.17, 15) is 0 Å². The van der Waals surface area contributed by atoms with Crippen LogP contribution in [-0.4, -0.2) is 41.3 Å². The van der Waals surface area contributed by atoms with Crippen LogP contribution in [0.15, 0.2) is 0 Å². The molecule has 0 atom stereocenters. The molecule has 1 saturated heterocycles. The van der Waals surface area contributed by atoms with Crippen molar-refractivity contribution in [3.8, 4) is 11.9 Å². The van der Waals surface area contributed by atoms with Crippen LogP contribution in [0.1, 0.15) is 29.7 Å². The summed E-state index contributed by atoms with van der Waals surface area (Å²) in [6.45, 7) is 7.46. The number of rotatable bonds is 4. The Labute approximate surface area is 107 Å². The molecule has 0 unspecified atom stereocenters. The number of likely N-dealkylation sites (tertiary alicyclic amines) is 1. The number of nitrogens with zero attached hydrogens (tertiary/aromatic N) is 4. The van der Waals surface area contributed by atoms with E-state index < -0.39 is 0 Å². The lowest BCUT2D eigenvalue weighted by molar-refractivity contribution is 0.229. The first-order valence-electron chi connectivity index (χ1n) is 6.31. The van der Waals surface area contributed by atoms with E-state index in [2.05, 4.69) is 21.2 Å². The van der Waals surface area contributed by atoms with Gasteiger partial charge in [-0.2, -0.15) is 10.4 Å². The predicted molar refractivity (Wildman–Crippen MR) is 67.4 cm³/mol. The van der Waals surface area contributed by atoms with Gasteiger partial charge in [-0.3, -0.25) is 4.90 Å². The fourth-order valence-corrected chi connectivity index (χ4v) is 2.10. The Morgan fingerprint density at radius 3 is 2.67 bits per heavy atom. The van der Waals surface area contributed by atoms with Gasteiger partial charge in [0.1, 0.15) is 18.2 Å². The molecule has 0 aromatic carbocycles. The Kier molecular flexibility index (Phi) is 4.11. The van der Waals surface area contributed by atoms with Crippen LogP contribution in [0.3, 0.4) is 0 Å². The van der Waals surface area contributed by atoms with Crippen molar-refractivity contribution in [2.45, 2.75) is 26.7 Å². The lowest BCUT2D eigenvalue weighted by Gasteiger charge is -2.15. The lowest BCUT2D eigenvalue weighted by atomic mass is 10.1. The van der Waals surface area contributed by atoms with E-state index in [0.717, 1.165) is 30.9 Å². The molecule has 0 saturated carbocycles. The number of ether oxygens (including phenoxy) is 1. The largest absolute Gasteiger partial charge is 0.474 e. The van der Waals surface area contributed by atoms with Gasteiger partial charge in [-0.05, 0) is 45.3 Å². The Morgan fingerprint density at radius 2 is 2.00 bits per heavy atom. The van der Waals surface area contributed by atoms with Crippen molar-refractivity contribution in [1.82, 2.24) is 15.1 Å². The molecule has 96 valence electrons. The molecule has 0 radical (unpaired) electrons. The van der Waals surface area contributed by atoms with Crippen LogP contribution in [0.5, 0.6) is 5.88 Å². The maximum Gasteiger partial charge on any atom is 0.251 e. The smallest absolute Gasteiger partial charge is 0.251 e. The first kappa shape index (κ1) is 12.8. The fourth-order valence-electron chi connectivity index (χ4n) is 2.10. The molecular weight excluding hydrogens is 228 g/mol. The molecular formula is C13H18N4O. The Morgan fingerprint density at radius 1 is 1.28 bits per heavy atom. The molecule has 1 aromatic rings. The molecule has 2 heterocycles. The fraction of sp³-hybridized carbons (Fsp3) is 0.615. The van der Waals surface area contributed by atoms with Crippen molar-refractivity contribution < 1.29 is 4.74 Å². The molecule has 1 aliphatic rings. The maximum absolute atomic E-state index is 9.13. The van der Waals surface area contributed by atoms with Gasteiger partial charge in [0.2, 0.25) is 0 Å². The zero-order valence-corrected chi connectivity index (χ0v) is 10.9.